The molecule has 0 saturated heterocycles. The van der Waals surface area contributed by atoms with Gasteiger partial charge < -0.3 is 9.84 Å². The molecule has 28 heavy (non-hydrogen) atoms. The Morgan fingerprint density at radius 1 is 1.32 bits per heavy atom. The van der Waals surface area contributed by atoms with Crippen molar-refractivity contribution in [1.29, 1.82) is 0 Å². The highest BCUT2D eigenvalue weighted by molar-refractivity contribution is 7.99. The van der Waals surface area contributed by atoms with Gasteiger partial charge in [0, 0.05) is 36.5 Å². The van der Waals surface area contributed by atoms with Crippen LogP contribution in [0.15, 0.2) is 33.7 Å². The van der Waals surface area contributed by atoms with Crippen LogP contribution < -0.4 is 10.0 Å². The first-order chi connectivity index (χ1) is 13.2. The maximum Gasteiger partial charge on any atom is 0.270 e. The lowest BCUT2D eigenvalue weighted by Gasteiger charge is -2.08. The summed E-state index contributed by atoms with van der Waals surface area (Å²) in [6.07, 6.45) is 0. The summed E-state index contributed by atoms with van der Waals surface area (Å²) in [4.78, 5) is 21.7. The number of aryl methyl sites for hydroxylation is 2. The van der Waals surface area contributed by atoms with E-state index in [1.165, 1.54) is 30.0 Å². The first-order valence-corrected chi connectivity index (χ1v) is 10.8. The number of non-ortho nitro benzene ring substituents is 1. The fourth-order valence-electron chi connectivity index (χ4n) is 2.24. The summed E-state index contributed by atoms with van der Waals surface area (Å²) in [5, 5.41) is 17.2. The minimum atomic E-state index is -3.90. The average molecular weight is 428 g/mol. The van der Waals surface area contributed by atoms with E-state index in [1.54, 1.807) is 0 Å². The summed E-state index contributed by atoms with van der Waals surface area (Å²) < 4.78 is 31.7. The van der Waals surface area contributed by atoms with Crippen LogP contribution in [0.1, 0.15) is 17.0 Å². The monoisotopic (exact) mass is 428 g/mol. The highest BCUT2D eigenvalue weighted by Crippen LogP contribution is 2.19. The molecule has 0 spiro atoms. The maximum atomic E-state index is 12.2. The number of hydrogen-bond acceptors (Lipinski definition) is 8. The van der Waals surface area contributed by atoms with Crippen LogP contribution in [0.25, 0.3) is 0 Å². The minimum Gasteiger partial charge on any atom is -0.361 e. The zero-order valence-electron chi connectivity index (χ0n) is 15.3. The Kier molecular flexibility index (Phi) is 7.54. The summed E-state index contributed by atoms with van der Waals surface area (Å²) in [7, 11) is -3.90. The van der Waals surface area contributed by atoms with Gasteiger partial charge in [-0.2, -0.15) is 0 Å². The smallest absolute Gasteiger partial charge is 0.270 e. The van der Waals surface area contributed by atoms with Crippen LogP contribution in [-0.4, -0.2) is 43.2 Å². The van der Waals surface area contributed by atoms with Crippen LogP contribution in [0, 0.1) is 24.0 Å². The summed E-state index contributed by atoms with van der Waals surface area (Å²) >= 11 is 1.40. The van der Waals surface area contributed by atoms with Crippen molar-refractivity contribution in [3.8, 4) is 0 Å². The molecule has 10 nitrogen and oxygen atoms in total. The van der Waals surface area contributed by atoms with E-state index >= 15 is 0 Å². The molecule has 0 radical (unpaired) electrons. The number of hydrogen-bond donors (Lipinski definition) is 2. The molecule has 0 aliphatic heterocycles. The van der Waals surface area contributed by atoms with Crippen molar-refractivity contribution in [1.82, 2.24) is 15.2 Å². The largest absolute Gasteiger partial charge is 0.361 e. The van der Waals surface area contributed by atoms with Gasteiger partial charge in [-0.3, -0.25) is 14.9 Å². The molecule has 2 N–H and O–H groups in total. The second-order valence-corrected chi connectivity index (χ2v) is 8.55. The van der Waals surface area contributed by atoms with E-state index in [0.717, 1.165) is 23.1 Å². The van der Waals surface area contributed by atoms with Crippen molar-refractivity contribution in [2.24, 2.45) is 0 Å². The number of aromatic nitrogens is 1. The highest BCUT2D eigenvalue weighted by atomic mass is 32.2. The number of rotatable bonds is 10. The molecule has 1 heterocycles. The lowest BCUT2D eigenvalue weighted by atomic mass is 10.2. The minimum absolute atomic E-state index is 0.0364. The molecule has 0 atom stereocenters. The topological polar surface area (TPSA) is 144 Å². The number of thioether (sulfide) groups is 1. The Labute approximate surface area is 166 Å². The zero-order chi connectivity index (χ0) is 20.7. The third-order valence-corrected chi connectivity index (χ3v) is 6.16. The van der Waals surface area contributed by atoms with Gasteiger partial charge in [-0.05, 0) is 19.9 Å². The van der Waals surface area contributed by atoms with Crippen molar-refractivity contribution in [2.75, 3.05) is 18.8 Å². The second kappa shape index (κ2) is 9.66. The van der Waals surface area contributed by atoms with E-state index in [1.807, 2.05) is 13.8 Å². The van der Waals surface area contributed by atoms with Crippen molar-refractivity contribution >= 4 is 33.4 Å². The summed E-state index contributed by atoms with van der Waals surface area (Å²) in [5.41, 5.74) is 1.44. The molecule has 2 aromatic rings. The van der Waals surface area contributed by atoms with Crippen LogP contribution in [0.3, 0.4) is 0 Å². The molecular formula is C16H20N4O6S2. The number of carbonyl (C=O) groups excluding carboxylic acids is 1. The Hall–Kier alpha value is -2.44. The lowest BCUT2D eigenvalue weighted by molar-refractivity contribution is -0.385. The molecule has 0 bridgehead atoms. The number of benzene rings is 1. The van der Waals surface area contributed by atoms with Gasteiger partial charge in [0.1, 0.15) is 5.76 Å². The molecule has 1 aromatic carbocycles. The van der Waals surface area contributed by atoms with Gasteiger partial charge in [-0.15, -0.1) is 11.8 Å². The molecule has 2 rings (SSSR count). The number of nitro groups is 1. The number of nitro benzene ring substituents is 1. The molecule has 0 saturated carbocycles. The average Bonchev–Trinajstić information content (AvgIpc) is 2.97. The van der Waals surface area contributed by atoms with E-state index in [0.29, 0.717) is 5.75 Å². The Balaban J connectivity index is 1.73. The molecule has 1 amide bonds. The summed E-state index contributed by atoms with van der Waals surface area (Å²) in [6.45, 7) is 3.70. The third-order valence-electron chi connectivity index (χ3n) is 3.74. The van der Waals surface area contributed by atoms with Crippen molar-refractivity contribution < 1.29 is 22.7 Å². The quantitative estimate of drug-likeness (QED) is 0.329. The van der Waals surface area contributed by atoms with E-state index in [4.69, 9.17) is 4.52 Å². The standard InChI is InChI=1S/C16H20N4O6S2/c1-11-15(12(2)26-19-11)9-27-10-16(21)17-6-7-18-28(24,25)14-5-3-4-13(8-14)20(22)23/h3-5,8,18H,6-7,9-10H2,1-2H3,(H,17,21). The van der Waals surface area contributed by atoms with E-state index < -0.39 is 14.9 Å². The maximum absolute atomic E-state index is 12.2. The van der Waals surface area contributed by atoms with Crippen molar-refractivity contribution in [3.05, 3.63) is 51.4 Å². The van der Waals surface area contributed by atoms with Crippen LogP contribution in [0.2, 0.25) is 0 Å². The van der Waals surface area contributed by atoms with E-state index in [-0.39, 0.29) is 35.3 Å². The van der Waals surface area contributed by atoms with Gasteiger partial charge in [0.15, 0.2) is 0 Å². The number of nitrogens with zero attached hydrogens (tertiary/aromatic N) is 2. The van der Waals surface area contributed by atoms with E-state index in [2.05, 4.69) is 15.2 Å². The fraction of sp³-hybridized carbons (Fsp3) is 0.375. The molecule has 0 aliphatic carbocycles. The Morgan fingerprint density at radius 3 is 2.71 bits per heavy atom. The highest BCUT2D eigenvalue weighted by Gasteiger charge is 2.17. The molecule has 0 fully saturated rings. The first kappa shape index (κ1) is 21.9. The second-order valence-electron chi connectivity index (χ2n) is 5.80. The Morgan fingerprint density at radius 2 is 2.07 bits per heavy atom. The summed E-state index contributed by atoms with van der Waals surface area (Å²) in [5.74, 6) is 1.29. The molecule has 152 valence electrons. The normalized spacial score (nSPS) is 11.4. The predicted octanol–water partition coefficient (Wildman–Crippen LogP) is 1.53. The molecule has 0 aliphatic rings. The molecule has 1 aromatic heterocycles. The van der Waals surface area contributed by atoms with E-state index in [9.17, 15) is 23.3 Å². The Bertz CT molecular complexity index is 938. The van der Waals surface area contributed by atoms with Crippen LogP contribution >= 0.6 is 11.8 Å². The first-order valence-electron chi connectivity index (χ1n) is 8.21. The number of amides is 1. The fourth-order valence-corrected chi connectivity index (χ4v) is 4.32. The predicted molar refractivity (Wildman–Crippen MR) is 103 cm³/mol. The molecule has 12 heteroatoms. The molecule has 0 unspecified atom stereocenters. The van der Waals surface area contributed by atoms with Gasteiger partial charge in [0.25, 0.3) is 5.69 Å². The van der Waals surface area contributed by atoms with Crippen LogP contribution in [0.4, 0.5) is 5.69 Å². The number of nitrogens with one attached hydrogen (secondary N) is 2. The van der Waals surface area contributed by atoms with Crippen molar-refractivity contribution in [3.63, 3.8) is 0 Å². The molecular weight excluding hydrogens is 408 g/mol. The van der Waals surface area contributed by atoms with Gasteiger partial charge in [0.2, 0.25) is 15.9 Å². The van der Waals surface area contributed by atoms with Gasteiger partial charge in [-0.25, -0.2) is 13.1 Å². The number of sulfonamides is 1. The zero-order valence-corrected chi connectivity index (χ0v) is 16.9. The van der Waals surface area contributed by atoms with Crippen LogP contribution in [-0.2, 0) is 20.6 Å². The van der Waals surface area contributed by atoms with Crippen molar-refractivity contribution in [2.45, 2.75) is 24.5 Å². The van der Waals surface area contributed by atoms with Crippen LogP contribution in [0.5, 0.6) is 0 Å². The van der Waals surface area contributed by atoms with Gasteiger partial charge in [0.05, 0.1) is 21.3 Å². The van der Waals surface area contributed by atoms with Gasteiger partial charge >= 0.3 is 0 Å². The SMILES string of the molecule is Cc1noc(C)c1CSCC(=O)NCCNS(=O)(=O)c1cccc([N+](=O)[O-])c1. The third kappa shape index (κ3) is 6.04. The summed E-state index contributed by atoms with van der Waals surface area (Å²) in [6, 6.07) is 4.75. The lowest BCUT2D eigenvalue weighted by Crippen LogP contribution is -2.35. The van der Waals surface area contributed by atoms with Gasteiger partial charge in [-0.1, -0.05) is 11.2 Å². The number of carbonyl (C=O) groups is 1.